The first-order valence-corrected chi connectivity index (χ1v) is 16.4. The predicted molar refractivity (Wildman–Crippen MR) is 200 cm³/mol. The van der Waals surface area contributed by atoms with Gasteiger partial charge in [-0.1, -0.05) is 152 Å². The molecule has 0 amide bonds. The third-order valence-electron chi connectivity index (χ3n) is 8.97. The first kappa shape index (κ1) is 28.6. The summed E-state index contributed by atoms with van der Waals surface area (Å²) in [5, 5.41) is 2.27. The number of furan rings is 1. The molecule has 0 N–H and O–H groups in total. The van der Waals surface area contributed by atoms with E-state index in [9.17, 15) is 0 Å². The van der Waals surface area contributed by atoms with Gasteiger partial charge in [0.25, 0.3) is 0 Å². The first-order valence-electron chi connectivity index (χ1n) is 16.4. The van der Waals surface area contributed by atoms with Crippen LogP contribution < -0.4 is 0 Å². The summed E-state index contributed by atoms with van der Waals surface area (Å²) < 4.78 is 6.14. The van der Waals surface area contributed by atoms with Gasteiger partial charge in [0, 0.05) is 27.5 Å². The summed E-state index contributed by atoms with van der Waals surface area (Å²) >= 11 is 0. The molecule has 4 heteroatoms. The molecule has 0 unspecified atom stereocenters. The number of benzene rings is 7. The van der Waals surface area contributed by atoms with Gasteiger partial charge in [0.2, 0.25) is 0 Å². The summed E-state index contributed by atoms with van der Waals surface area (Å²) in [6.07, 6.45) is 0. The van der Waals surface area contributed by atoms with E-state index in [1.165, 1.54) is 5.56 Å². The Morgan fingerprint density at radius 3 is 1.35 bits per heavy atom. The van der Waals surface area contributed by atoms with Gasteiger partial charge in [-0.2, -0.15) is 0 Å². The highest BCUT2D eigenvalue weighted by Gasteiger charge is 2.14. The normalized spacial score (nSPS) is 11.3. The van der Waals surface area contributed by atoms with Crippen LogP contribution in [-0.4, -0.2) is 15.0 Å². The highest BCUT2D eigenvalue weighted by molar-refractivity contribution is 6.05. The molecule has 2 aromatic heterocycles. The Balaban J connectivity index is 1.05. The second kappa shape index (κ2) is 12.2. The van der Waals surface area contributed by atoms with E-state index in [1.807, 2.05) is 54.6 Å². The quantitative estimate of drug-likeness (QED) is 0.184. The molecule has 9 aromatic rings. The van der Waals surface area contributed by atoms with Gasteiger partial charge in [0.05, 0.1) is 0 Å². The second-order valence-electron chi connectivity index (χ2n) is 12.1. The van der Waals surface area contributed by atoms with Crippen LogP contribution in [0, 0.1) is 0 Å². The molecule has 0 aliphatic heterocycles. The van der Waals surface area contributed by atoms with Crippen LogP contribution >= 0.6 is 0 Å². The number of nitrogens with zero attached hydrogens (tertiary/aromatic N) is 3. The molecule has 0 spiro atoms. The predicted octanol–water partition coefficient (Wildman–Crippen LogP) is 11.8. The molecule has 0 radical (unpaired) electrons. The van der Waals surface area contributed by atoms with Crippen molar-refractivity contribution >= 4 is 21.9 Å². The maximum atomic E-state index is 6.14. The minimum absolute atomic E-state index is 0.633. The zero-order valence-electron chi connectivity index (χ0n) is 26.5. The molecule has 0 saturated carbocycles. The van der Waals surface area contributed by atoms with Crippen LogP contribution in [-0.2, 0) is 0 Å². The van der Waals surface area contributed by atoms with E-state index in [-0.39, 0.29) is 0 Å². The Labute approximate surface area is 284 Å². The number of hydrogen-bond acceptors (Lipinski definition) is 4. The van der Waals surface area contributed by atoms with Crippen molar-refractivity contribution in [1.82, 2.24) is 15.0 Å². The third kappa shape index (κ3) is 5.56. The Bertz CT molecular complexity index is 2570. The summed E-state index contributed by atoms with van der Waals surface area (Å²) in [6, 6.07) is 60.5. The van der Waals surface area contributed by atoms with Gasteiger partial charge in [-0.25, -0.2) is 15.0 Å². The average Bonchev–Trinajstić information content (AvgIpc) is 3.57. The standard InChI is InChI=1S/C45H29N3O/c1-3-10-30(11-4-1)31-22-24-35(25-23-31)44-46-43(34-12-5-2-6-13-34)47-45(48-44)38-15-9-14-36(28-38)32-18-20-33(21-19-32)37-26-27-40-39-16-7-8-17-41(39)49-42(40)29-37/h1-29H. The molecule has 49 heavy (non-hydrogen) atoms. The summed E-state index contributed by atoms with van der Waals surface area (Å²) in [5.74, 6) is 1.91. The summed E-state index contributed by atoms with van der Waals surface area (Å²) in [4.78, 5) is 14.9. The van der Waals surface area contributed by atoms with Crippen molar-refractivity contribution < 1.29 is 4.42 Å². The van der Waals surface area contributed by atoms with E-state index in [1.54, 1.807) is 0 Å². The van der Waals surface area contributed by atoms with E-state index in [2.05, 4.69) is 121 Å². The molecule has 7 aromatic carbocycles. The monoisotopic (exact) mass is 627 g/mol. The fourth-order valence-electron chi connectivity index (χ4n) is 6.39. The third-order valence-corrected chi connectivity index (χ3v) is 8.97. The molecular weight excluding hydrogens is 599 g/mol. The van der Waals surface area contributed by atoms with E-state index in [0.29, 0.717) is 17.5 Å². The molecule has 9 rings (SSSR count). The lowest BCUT2D eigenvalue weighted by atomic mass is 9.98. The zero-order valence-corrected chi connectivity index (χ0v) is 26.5. The van der Waals surface area contributed by atoms with Gasteiger partial charge < -0.3 is 4.42 Å². The number of rotatable bonds is 6. The minimum atomic E-state index is 0.633. The largest absolute Gasteiger partial charge is 0.456 e. The first-order chi connectivity index (χ1) is 24.2. The van der Waals surface area contributed by atoms with Crippen molar-refractivity contribution in [3.63, 3.8) is 0 Å². The van der Waals surface area contributed by atoms with Gasteiger partial charge in [-0.05, 0) is 57.6 Å². The van der Waals surface area contributed by atoms with Gasteiger partial charge in [-0.15, -0.1) is 0 Å². The van der Waals surface area contributed by atoms with E-state index >= 15 is 0 Å². The van der Waals surface area contributed by atoms with Gasteiger partial charge in [-0.3, -0.25) is 0 Å². The number of fused-ring (bicyclic) bond motifs is 3. The van der Waals surface area contributed by atoms with E-state index in [0.717, 1.165) is 66.4 Å². The van der Waals surface area contributed by atoms with Gasteiger partial charge in [0.15, 0.2) is 17.5 Å². The summed E-state index contributed by atoms with van der Waals surface area (Å²) in [5.41, 5.74) is 11.4. The minimum Gasteiger partial charge on any atom is -0.456 e. The smallest absolute Gasteiger partial charge is 0.164 e. The Morgan fingerprint density at radius 1 is 0.265 bits per heavy atom. The van der Waals surface area contributed by atoms with Crippen molar-refractivity contribution in [1.29, 1.82) is 0 Å². The molecule has 4 nitrogen and oxygen atoms in total. The molecule has 2 heterocycles. The SMILES string of the molecule is c1ccc(-c2ccc(-c3nc(-c4ccccc4)nc(-c4cccc(-c5ccc(-c6ccc7c(c6)oc6ccccc67)cc5)c4)n3)cc2)cc1. The molecule has 230 valence electrons. The fourth-order valence-corrected chi connectivity index (χ4v) is 6.39. The zero-order chi connectivity index (χ0) is 32.6. The maximum absolute atomic E-state index is 6.14. The summed E-state index contributed by atoms with van der Waals surface area (Å²) in [6.45, 7) is 0. The molecular formula is C45H29N3O. The second-order valence-corrected chi connectivity index (χ2v) is 12.1. The van der Waals surface area contributed by atoms with Crippen molar-refractivity contribution in [2.75, 3.05) is 0 Å². The van der Waals surface area contributed by atoms with Crippen LogP contribution in [0.5, 0.6) is 0 Å². The summed E-state index contributed by atoms with van der Waals surface area (Å²) in [7, 11) is 0. The van der Waals surface area contributed by atoms with E-state index in [4.69, 9.17) is 19.4 Å². The lowest BCUT2D eigenvalue weighted by molar-refractivity contribution is 0.669. The Hall–Kier alpha value is -6.65. The average molecular weight is 628 g/mol. The van der Waals surface area contributed by atoms with Crippen molar-refractivity contribution in [2.45, 2.75) is 0 Å². The van der Waals surface area contributed by atoms with Gasteiger partial charge >= 0.3 is 0 Å². The van der Waals surface area contributed by atoms with Crippen LogP contribution in [0.1, 0.15) is 0 Å². The molecule has 0 aliphatic rings. The van der Waals surface area contributed by atoms with Gasteiger partial charge in [0.1, 0.15) is 11.2 Å². The van der Waals surface area contributed by atoms with Crippen LogP contribution in [0.25, 0.3) is 89.5 Å². The highest BCUT2D eigenvalue weighted by atomic mass is 16.3. The lowest BCUT2D eigenvalue weighted by Gasteiger charge is -2.10. The van der Waals surface area contributed by atoms with Crippen molar-refractivity contribution in [3.05, 3.63) is 176 Å². The highest BCUT2D eigenvalue weighted by Crippen LogP contribution is 2.34. The number of aromatic nitrogens is 3. The maximum Gasteiger partial charge on any atom is 0.164 e. The molecule has 0 bridgehead atoms. The van der Waals surface area contributed by atoms with E-state index < -0.39 is 0 Å². The Kier molecular flexibility index (Phi) is 7.10. The Morgan fingerprint density at radius 2 is 0.673 bits per heavy atom. The number of hydrogen-bond donors (Lipinski definition) is 0. The van der Waals surface area contributed by atoms with Crippen molar-refractivity contribution in [3.8, 4) is 67.5 Å². The van der Waals surface area contributed by atoms with Crippen LogP contribution in [0.4, 0.5) is 0 Å². The fraction of sp³-hybridized carbons (Fsp3) is 0. The van der Waals surface area contributed by atoms with Crippen molar-refractivity contribution in [2.24, 2.45) is 0 Å². The molecule has 0 aliphatic carbocycles. The topological polar surface area (TPSA) is 51.8 Å². The van der Waals surface area contributed by atoms with Crippen LogP contribution in [0.2, 0.25) is 0 Å². The molecule has 0 fully saturated rings. The molecule has 0 atom stereocenters. The van der Waals surface area contributed by atoms with Crippen LogP contribution in [0.15, 0.2) is 180 Å². The molecule has 0 saturated heterocycles. The number of para-hydroxylation sites is 1. The lowest BCUT2D eigenvalue weighted by Crippen LogP contribution is -2.00. The van der Waals surface area contributed by atoms with Crippen LogP contribution in [0.3, 0.4) is 0 Å².